The third-order valence-electron chi connectivity index (χ3n) is 4.08. The summed E-state index contributed by atoms with van der Waals surface area (Å²) in [6.45, 7) is 0.561. The number of piperidine rings is 1. The summed E-state index contributed by atoms with van der Waals surface area (Å²) in [6.07, 6.45) is 3.91. The van der Waals surface area contributed by atoms with Crippen molar-refractivity contribution in [3.05, 3.63) is 50.7 Å². The number of rotatable bonds is 3. The molecule has 3 heterocycles. The number of nitrogens with one attached hydrogen (secondary N) is 2. The minimum Gasteiger partial charge on any atom is -0.364 e. The molecular formula is C15H16ClN5O3. The van der Waals surface area contributed by atoms with E-state index in [1.54, 1.807) is 11.0 Å². The van der Waals surface area contributed by atoms with Gasteiger partial charge in [-0.05, 0) is 31.4 Å². The monoisotopic (exact) mass is 349 g/mol. The summed E-state index contributed by atoms with van der Waals surface area (Å²) in [7, 11) is 0. The Bertz CT molecular complexity index is 844. The number of aromatic nitrogens is 3. The number of carbonyl (C=O) groups is 2. The first kappa shape index (κ1) is 16.3. The fraction of sp³-hybridized carbons (Fsp3) is 0.333. The molecular weight excluding hydrogens is 334 g/mol. The van der Waals surface area contributed by atoms with Gasteiger partial charge >= 0.3 is 0 Å². The van der Waals surface area contributed by atoms with Gasteiger partial charge < -0.3 is 15.6 Å². The van der Waals surface area contributed by atoms with E-state index in [0.717, 1.165) is 19.3 Å². The van der Waals surface area contributed by atoms with Gasteiger partial charge in [-0.25, -0.2) is 0 Å². The Balaban J connectivity index is 1.90. The van der Waals surface area contributed by atoms with Gasteiger partial charge in [-0.1, -0.05) is 11.6 Å². The molecule has 0 radical (unpaired) electrons. The first-order valence-electron chi connectivity index (χ1n) is 7.51. The van der Waals surface area contributed by atoms with Crippen molar-refractivity contribution in [1.82, 2.24) is 20.1 Å². The van der Waals surface area contributed by atoms with Crippen molar-refractivity contribution in [3.8, 4) is 0 Å². The number of hydrogen-bond donors (Lipinski definition) is 3. The average Bonchev–Trinajstić information content (AvgIpc) is 3.07. The van der Waals surface area contributed by atoms with Crippen LogP contribution >= 0.6 is 11.6 Å². The van der Waals surface area contributed by atoms with Crippen molar-refractivity contribution in [2.75, 3.05) is 6.54 Å². The molecule has 1 atom stereocenters. The predicted molar refractivity (Wildman–Crippen MR) is 86.8 cm³/mol. The normalized spacial score (nSPS) is 17.7. The van der Waals surface area contributed by atoms with Crippen LogP contribution in [0.2, 0.25) is 5.02 Å². The number of H-pyrrole nitrogens is 2. The lowest BCUT2D eigenvalue weighted by Crippen LogP contribution is -2.39. The first-order chi connectivity index (χ1) is 11.5. The third-order valence-corrected chi connectivity index (χ3v) is 4.36. The molecule has 1 aliphatic rings. The van der Waals surface area contributed by atoms with Crippen LogP contribution < -0.4 is 11.3 Å². The number of hydrogen-bond acceptors (Lipinski definition) is 4. The zero-order chi connectivity index (χ0) is 17.3. The van der Waals surface area contributed by atoms with E-state index >= 15 is 0 Å². The number of likely N-dealkylation sites (tertiary alicyclic amines) is 1. The van der Waals surface area contributed by atoms with Crippen LogP contribution in [0.25, 0.3) is 0 Å². The molecule has 9 heteroatoms. The van der Waals surface area contributed by atoms with Crippen molar-refractivity contribution < 1.29 is 9.59 Å². The van der Waals surface area contributed by atoms with Crippen LogP contribution in [-0.2, 0) is 0 Å². The molecule has 0 aliphatic carbocycles. The van der Waals surface area contributed by atoms with Gasteiger partial charge in [0.15, 0.2) is 0 Å². The van der Waals surface area contributed by atoms with E-state index in [2.05, 4.69) is 15.2 Å². The van der Waals surface area contributed by atoms with E-state index in [-0.39, 0.29) is 22.7 Å². The molecule has 0 bridgehead atoms. The number of primary amides is 1. The second-order valence-electron chi connectivity index (χ2n) is 5.65. The van der Waals surface area contributed by atoms with Crippen LogP contribution in [0.5, 0.6) is 0 Å². The fourth-order valence-electron chi connectivity index (χ4n) is 2.88. The summed E-state index contributed by atoms with van der Waals surface area (Å²) in [6, 6.07) is 2.69. The Hall–Kier alpha value is -2.61. The molecule has 126 valence electrons. The molecule has 2 aromatic rings. The zero-order valence-corrected chi connectivity index (χ0v) is 13.5. The predicted octanol–water partition coefficient (Wildman–Crippen LogP) is 1.22. The standard InChI is InChI=1S/C15H16ClN5O3/c16-9-5-8(7-18-14(9)23)15(24)21-4-2-1-3-12(21)10-6-11(13(17)22)20-19-10/h5-7,12H,1-4H2,(H2,17,22)(H,18,23)(H,19,20)/t12-/m0/s1. The highest BCUT2D eigenvalue weighted by Gasteiger charge is 2.30. The Morgan fingerprint density at radius 2 is 2.12 bits per heavy atom. The number of nitrogens with two attached hydrogens (primary N) is 1. The fourth-order valence-corrected chi connectivity index (χ4v) is 3.05. The maximum Gasteiger partial charge on any atom is 0.269 e. The second-order valence-corrected chi connectivity index (χ2v) is 6.06. The van der Waals surface area contributed by atoms with Gasteiger partial charge in [0.2, 0.25) is 0 Å². The molecule has 2 amide bonds. The van der Waals surface area contributed by atoms with Gasteiger partial charge in [0.25, 0.3) is 17.4 Å². The largest absolute Gasteiger partial charge is 0.364 e. The van der Waals surface area contributed by atoms with Gasteiger partial charge in [0.1, 0.15) is 10.7 Å². The summed E-state index contributed by atoms with van der Waals surface area (Å²) in [5.74, 6) is -0.869. The lowest BCUT2D eigenvalue weighted by atomic mass is 9.98. The summed E-state index contributed by atoms with van der Waals surface area (Å²) in [5.41, 5.74) is 5.88. The Morgan fingerprint density at radius 3 is 2.79 bits per heavy atom. The van der Waals surface area contributed by atoms with E-state index in [1.165, 1.54) is 12.3 Å². The van der Waals surface area contributed by atoms with Crippen molar-refractivity contribution >= 4 is 23.4 Å². The van der Waals surface area contributed by atoms with Crippen molar-refractivity contribution in [2.45, 2.75) is 25.3 Å². The summed E-state index contributed by atoms with van der Waals surface area (Å²) < 4.78 is 0. The second kappa shape index (κ2) is 6.48. The number of nitrogens with zero attached hydrogens (tertiary/aromatic N) is 2. The van der Waals surface area contributed by atoms with Crippen LogP contribution in [-0.4, -0.2) is 38.4 Å². The molecule has 0 saturated carbocycles. The highest BCUT2D eigenvalue weighted by atomic mass is 35.5. The number of halogens is 1. The zero-order valence-electron chi connectivity index (χ0n) is 12.7. The molecule has 0 unspecified atom stereocenters. The third kappa shape index (κ3) is 3.05. The van der Waals surface area contributed by atoms with Gasteiger partial charge in [0.05, 0.1) is 17.3 Å². The Morgan fingerprint density at radius 1 is 1.33 bits per heavy atom. The average molecular weight is 350 g/mol. The topological polar surface area (TPSA) is 125 Å². The number of aromatic amines is 2. The maximum atomic E-state index is 12.8. The van der Waals surface area contributed by atoms with Crippen LogP contribution in [0.4, 0.5) is 0 Å². The molecule has 0 aromatic carbocycles. The van der Waals surface area contributed by atoms with Crippen molar-refractivity contribution in [1.29, 1.82) is 0 Å². The Kier molecular flexibility index (Phi) is 4.39. The van der Waals surface area contributed by atoms with E-state index in [4.69, 9.17) is 17.3 Å². The highest BCUT2D eigenvalue weighted by molar-refractivity contribution is 6.30. The number of pyridine rings is 1. The van der Waals surface area contributed by atoms with Crippen LogP contribution in [0, 0.1) is 0 Å². The summed E-state index contributed by atoms with van der Waals surface area (Å²) >= 11 is 5.81. The van der Waals surface area contributed by atoms with Gasteiger partial charge in [-0.3, -0.25) is 19.5 Å². The SMILES string of the molecule is NC(=O)c1cc([C@@H]2CCCCN2C(=O)c2c[nH]c(=O)c(Cl)c2)[nH]n1. The maximum absolute atomic E-state index is 12.8. The molecule has 8 nitrogen and oxygen atoms in total. The van der Waals surface area contributed by atoms with Gasteiger partial charge in [0, 0.05) is 12.7 Å². The quantitative estimate of drug-likeness (QED) is 0.770. The Labute approximate surface area is 142 Å². The first-order valence-corrected chi connectivity index (χ1v) is 7.89. The molecule has 4 N–H and O–H groups in total. The molecule has 1 saturated heterocycles. The van der Waals surface area contributed by atoms with E-state index in [9.17, 15) is 14.4 Å². The lowest BCUT2D eigenvalue weighted by molar-refractivity contribution is 0.0605. The molecule has 0 spiro atoms. The molecule has 2 aromatic heterocycles. The minimum atomic E-state index is -0.626. The van der Waals surface area contributed by atoms with E-state index < -0.39 is 11.5 Å². The number of carbonyl (C=O) groups excluding carboxylic acids is 2. The molecule has 1 aliphatic heterocycles. The lowest BCUT2D eigenvalue weighted by Gasteiger charge is -2.35. The van der Waals surface area contributed by atoms with E-state index in [0.29, 0.717) is 17.8 Å². The molecule has 3 rings (SSSR count). The van der Waals surface area contributed by atoms with Crippen molar-refractivity contribution in [2.24, 2.45) is 5.73 Å². The molecule has 24 heavy (non-hydrogen) atoms. The summed E-state index contributed by atoms with van der Waals surface area (Å²) in [5, 5.41) is 6.63. The van der Waals surface area contributed by atoms with Gasteiger partial charge in [-0.15, -0.1) is 0 Å². The van der Waals surface area contributed by atoms with Crippen LogP contribution in [0.1, 0.15) is 51.8 Å². The van der Waals surface area contributed by atoms with Crippen LogP contribution in [0.3, 0.4) is 0 Å². The molecule has 1 fully saturated rings. The van der Waals surface area contributed by atoms with Crippen molar-refractivity contribution in [3.63, 3.8) is 0 Å². The number of amides is 2. The summed E-state index contributed by atoms with van der Waals surface area (Å²) in [4.78, 5) is 39.5. The highest BCUT2D eigenvalue weighted by Crippen LogP contribution is 2.31. The van der Waals surface area contributed by atoms with Gasteiger partial charge in [-0.2, -0.15) is 5.10 Å². The smallest absolute Gasteiger partial charge is 0.269 e. The van der Waals surface area contributed by atoms with Crippen LogP contribution in [0.15, 0.2) is 23.1 Å². The minimum absolute atomic E-state index is 0.0352. The van der Waals surface area contributed by atoms with E-state index in [1.807, 2.05) is 0 Å².